The van der Waals surface area contributed by atoms with E-state index in [0.29, 0.717) is 5.25 Å². The number of rotatable bonds is 2. The second-order valence-corrected chi connectivity index (χ2v) is 6.99. The van der Waals surface area contributed by atoms with E-state index in [1.165, 1.54) is 0 Å². The molecule has 21 heavy (non-hydrogen) atoms. The number of amidine groups is 1. The first kappa shape index (κ1) is 13.0. The average molecular weight is 299 g/mol. The monoisotopic (exact) mass is 299 g/mol. The van der Waals surface area contributed by atoms with Crippen molar-refractivity contribution in [3.63, 3.8) is 0 Å². The summed E-state index contributed by atoms with van der Waals surface area (Å²) < 4.78 is 5.91. The summed E-state index contributed by atoms with van der Waals surface area (Å²) >= 11 is 1.85. The molecule has 0 spiro atoms. The van der Waals surface area contributed by atoms with E-state index in [1.807, 2.05) is 49.1 Å². The van der Waals surface area contributed by atoms with Gasteiger partial charge in [-0.1, -0.05) is 24.8 Å². The number of thioether (sulfide) groups is 1. The predicted octanol–water partition coefficient (Wildman–Crippen LogP) is 3.57. The van der Waals surface area contributed by atoms with Crippen molar-refractivity contribution in [2.24, 2.45) is 4.99 Å². The highest BCUT2D eigenvalue weighted by Crippen LogP contribution is 2.47. The van der Waals surface area contributed by atoms with Gasteiger partial charge in [-0.3, -0.25) is 4.98 Å². The van der Waals surface area contributed by atoms with Crippen LogP contribution in [-0.2, 0) is 0 Å². The molecule has 4 nitrogen and oxygen atoms in total. The minimum atomic E-state index is 0.0201. The minimum Gasteiger partial charge on any atom is -0.464 e. The van der Waals surface area contributed by atoms with Gasteiger partial charge in [0.1, 0.15) is 23.6 Å². The zero-order valence-electron chi connectivity index (χ0n) is 12.1. The molecule has 0 bridgehead atoms. The molecule has 0 unspecified atom stereocenters. The van der Waals surface area contributed by atoms with Crippen molar-refractivity contribution in [3.05, 3.63) is 53.7 Å². The lowest BCUT2D eigenvalue weighted by Gasteiger charge is -2.25. The highest BCUT2D eigenvalue weighted by molar-refractivity contribution is 8.14. The summed E-state index contributed by atoms with van der Waals surface area (Å²) in [6, 6.07) is 10.3. The molecule has 0 aromatic carbocycles. The number of nitrogens with zero attached hydrogens (tertiary/aromatic N) is 3. The van der Waals surface area contributed by atoms with Crippen LogP contribution in [0.2, 0.25) is 0 Å². The largest absolute Gasteiger partial charge is 0.464 e. The molecule has 108 valence electrons. The maximum Gasteiger partial charge on any atom is 0.161 e. The lowest BCUT2D eigenvalue weighted by Crippen LogP contribution is -2.28. The van der Waals surface area contributed by atoms with Crippen molar-refractivity contribution in [2.45, 2.75) is 31.2 Å². The van der Waals surface area contributed by atoms with Crippen LogP contribution in [0, 0.1) is 6.92 Å². The number of fused-ring (bicyclic) bond motifs is 1. The van der Waals surface area contributed by atoms with Crippen molar-refractivity contribution in [1.29, 1.82) is 0 Å². The molecule has 1 fully saturated rings. The van der Waals surface area contributed by atoms with E-state index in [1.54, 1.807) is 0 Å². The molecule has 5 heteroatoms. The van der Waals surface area contributed by atoms with E-state index in [2.05, 4.69) is 22.9 Å². The highest BCUT2D eigenvalue weighted by atomic mass is 32.2. The number of hydrogen-bond donors (Lipinski definition) is 0. The lowest BCUT2D eigenvalue weighted by molar-refractivity contribution is 0.272. The van der Waals surface area contributed by atoms with Crippen LogP contribution in [0.1, 0.15) is 36.2 Å². The second kappa shape index (κ2) is 4.91. The normalized spacial score (nSPS) is 27.8. The molecule has 2 aromatic heterocycles. The molecule has 2 aliphatic rings. The fourth-order valence-electron chi connectivity index (χ4n) is 3.04. The zero-order chi connectivity index (χ0) is 14.4. The van der Waals surface area contributed by atoms with Gasteiger partial charge in [-0.15, -0.1) is 0 Å². The van der Waals surface area contributed by atoms with Crippen LogP contribution in [0.25, 0.3) is 0 Å². The predicted molar refractivity (Wildman–Crippen MR) is 84.4 cm³/mol. The number of hydrogen-bond acceptors (Lipinski definition) is 5. The van der Waals surface area contributed by atoms with Gasteiger partial charge in [0, 0.05) is 18.0 Å². The van der Waals surface area contributed by atoms with E-state index >= 15 is 0 Å². The summed E-state index contributed by atoms with van der Waals surface area (Å²) in [5, 5.41) is 1.70. The van der Waals surface area contributed by atoms with Gasteiger partial charge in [0.25, 0.3) is 0 Å². The Labute approximate surface area is 128 Å². The molecule has 2 aromatic rings. The molecule has 2 aliphatic heterocycles. The van der Waals surface area contributed by atoms with Gasteiger partial charge >= 0.3 is 0 Å². The number of furan rings is 1. The topological polar surface area (TPSA) is 41.6 Å². The first-order valence-electron chi connectivity index (χ1n) is 7.21. The smallest absolute Gasteiger partial charge is 0.161 e. The van der Waals surface area contributed by atoms with E-state index < -0.39 is 0 Å². The quantitative estimate of drug-likeness (QED) is 0.850. The Bertz CT molecular complexity index is 682. The Balaban J connectivity index is 1.77. The maximum absolute atomic E-state index is 5.91. The lowest BCUT2D eigenvalue weighted by atomic mass is 10.0. The van der Waals surface area contributed by atoms with Gasteiger partial charge < -0.3 is 9.32 Å². The Hall–Kier alpha value is -1.75. The van der Waals surface area contributed by atoms with Crippen LogP contribution in [-0.4, -0.2) is 26.8 Å². The summed E-state index contributed by atoms with van der Waals surface area (Å²) in [6.45, 7) is 5.24. The van der Waals surface area contributed by atoms with Gasteiger partial charge in [-0.2, -0.15) is 0 Å². The molecule has 4 heterocycles. The molecule has 0 aliphatic carbocycles. The van der Waals surface area contributed by atoms with Gasteiger partial charge in [0.15, 0.2) is 5.17 Å². The summed E-state index contributed by atoms with van der Waals surface area (Å²) in [4.78, 5) is 11.8. The zero-order valence-corrected chi connectivity index (χ0v) is 12.9. The standard InChI is InChI=1S/C16H17N3OS/c1-10-6-7-13(20-10)15-14(12-5-3-4-8-17-12)18-16-19(15)9-11(2)21-16/h3-8,11,14-15H,9H2,1-2H3/t11-,14+,15-/m0/s1. The minimum absolute atomic E-state index is 0.0201. The van der Waals surface area contributed by atoms with Crippen molar-refractivity contribution >= 4 is 16.9 Å². The number of pyridine rings is 1. The third kappa shape index (κ3) is 2.16. The van der Waals surface area contributed by atoms with Crippen molar-refractivity contribution in [2.75, 3.05) is 6.54 Å². The third-order valence-corrected chi connectivity index (χ3v) is 5.04. The van der Waals surface area contributed by atoms with E-state index in [0.717, 1.165) is 28.9 Å². The van der Waals surface area contributed by atoms with Crippen LogP contribution in [0.15, 0.2) is 45.9 Å². The Morgan fingerprint density at radius 1 is 1.29 bits per heavy atom. The summed E-state index contributed by atoms with van der Waals surface area (Å²) in [7, 11) is 0. The Morgan fingerprint density at radius 3 is 2.90 bits per heavy atom. The molecule has 0 amide bonds. The summed E-state index contributed by atoms with van der Waals surface area (Å²) in [5.41, 5.74) is 1.01. The van der Waals surface area contributed by atoms with E-state index in [9.17, 15) is 0 Å². The summed E-state index contributed by atoms with van der Waals surface area (Å²) in [5.74, 6) is 1.93. The number of aryl methyl sites for hydroxylation is 1. The fourth-order valence-corrected chi connectivity index (χ4v) is 4.13. The van der Waals surface area contributed by atoms with Gasteiger partial charge in [0.05, 0.1) is 5.69 Å². The molecule has 0 radical (unpaired) electrons. The average Bonchev–Trinajstić information content (AvgIpc) is 3.13. The highest BCUT2D eigenvalue weighted by Gasteiger charge is 2.44. The molecular formula is C16H17N3OS. The number of aliphatic imine (C=N–C) groups is 1. The first-order chi connectivity index (χ1) is 10.2. The van der Waals surface area contributed by atoms with Crippen molar-refractivity contribution in [3.8, 4) is 0 Å². The first-order valence-corrected chi connectivity index (χ1v) is 8.09. The van der Waals surface area contributed by atoms with Gasteiger partial charge in [-0.25, -0.2) is 4.99 Å². The Morgan fingerprint density at radius 2 is 2.19 bits per heavy atom. The molecule has 0 N–H and O–H groups in total. The van der Waals surface area contributed by atoms with Crippen LogP contribution >= 0.6 is 11.8 Å². The van der Waals surface area contributed by atoms with Gasteiger partial charge in [-0.05, 0) is 31.2 Å². The van der Waals surface area contributed by atoms with E-state index in [4.69, 9.17) is 9.41 Å². The second-order valence-electron chi connectivity index (χ2n) is 5.59. The molecular weight excluding hydrogens is 282 g/mol. The van der Waals surface area contributed by atoms with Crippen LogP contribution < -0.4 is 0 Å². The van der Waals surface area contributed by atoms with Crippen LogP contribution in [0.3, 0.4) is 0 Å². The molecule has 3 atom stereocenters. The van der Waals surface area contributed by atoms with Crippen molar-refractivity contribution in [1.82, 2.24) is 9.88 Å². The van der Waals surface area contributed by atoms with Crippen LogP contribution in [0.4, 0.5) is 0 Å². The fraction of sp³-hybridized carbons (Fsp3) is 0.375. The number of aromatic nitrogens is 1. The molecule has 4 rings (SSSR count). The van der Waals surface area contributed by atoms with Gasteiger partial charge in [0.2, 0.25) is 0 Å². The molecule has 1 saturated heterocycles. The summed E-state index contributed by atoms with van der Waals surface area (Å²) in [6.07, 6.45) is 1.83. The Kier molecular flexibility index (Phi) is 3.03. The van der Waals surface area contributed by atoms with E-state index in [-0.39, 0.29) is 12.1 Å². The SMILES string of the molecule is Cc1ccc([C@H]2[C@@H](c3ccccn3)N=C3S[C@@H](C)CN32)o1. The third-order valence-electron chi connectivity index (χ3n) is 3.93. The molecule has 0 saturated carbocycles. The van der Waals surface area contributed by atoms with Crippen LogP contribution in [0.5, 0.6) is 0 Å². The van der Waals surface area contributed by atoms with Crippen molar-refractivity contribution < 1.29 is 4.42 Å². The maximum atomic E-state index is 5.91.